The topological polar surface area (TPSA) is 20.2 Å². The number of aliphatic hydroxyl groups is 1. The van der Waals surface area contributed by atoms with Gasteiger partial charge in [-0.25, -0.2) is 0 Å². The third-order valence-corrected chi connectivity index (χ3v) is 3.93. The van der Waals surface area contributed by atoms with Gasteiger partial charge in [0.05, 0.1) is 6.10 Å². The van der Waals surface area contributed by atoms with Gasteiger partial charge in [0, 0.05) is 0 Å². The normalized spacial score (nSPS) is 38.8. The van der Waals surface area contributed by atoms with E-state index in [1.165, 1.54) is 38.5 Å². The zero-order valence-electron chi connectivity index (χ0n) is 8.71. The summed E-state index contributed by atoms with van der Waals surface area (Å²) in [5.74, 6) is 2.71. The average molecular weight is 182 g/mol. The molecule has 0 aromatic carbocycles. The van der Waals surface area contributed by atoms with Crippen LogP contribution in [0.1, 0.15) is 51.9 Å². The Morgan fingerprint density at radius 1 is 1.15 bits per heavy atom. The molecule has 0 radical (unpaired) electrons. The van der Waals surface area contributed by atoms with Gasteiger partial charge in [-0.3, -0.25) is 0 Å². The molecule has 2 aliphatic rings. The molecule has 3 unspecified atom stereocenters. The summed E-state index contributed by atoms with van der Waals surface area (Å²) in [5.41, 5.74) is 0. The highest BCUT2D eigenvalue weighted by molar-refractivity contribution is 4.97. The van der Waals surface area contributed by atoms with E-state index in [4.69, 9.17) is 0 Å². The molecule has 0 heterocycles. The molecule has 0 saturated heterocycles. The van der Waals surface area contributed by atoms with Gasteiger partial charge in [-0.15, -0.1) is 0 Å². The Hall–Kier alpha value is -0.0400. The van der Waals surface area contributed by atoms with Crippen LogP contribution in [-0.4, -0.2) is 11.2 Å². The Labute approximate surface area is 81.5 Å². The molecule has 0 aromatic heterocycles. The summed E-state index contributed by atoms with van der Waals surface area (Å²) < 4.78 is 0. The lowest BCUT2D eigenvalue weighted by molar-refractivity contribution is 0.0926. The van der Waals surface area contributed by atoms with E-state index in [1.54, 1.807) is 0 Å². The van der Waals surface area contributed by atoms with Crippen molar-refractivity contribution in [2.24, 2.45) is 17.8 Å². The van der Waals surface area contributed by atoms with Crippen molar-refractivity contribution in [2.75, 3.05) is 0 Å². The second-order valence-corrected chi connectivity index (χ2v) is 5.05. The van der Waals surface area contributed by atoms with Crippen LogP contribution in [0.15, 0.2) is 0 Å². The molecule has 1 heteroatoms. The molecule has 3 atom stereocenters. The number of aliphatic hydroxyl groups excluding tert-OH is 1. The summed E-state index contributed by atoms with van der Waals surface area (Å²) in [6.45, 7) is 2.22. The van der Waals surface area contributed by atoms with E-state index in [1.807, 2.05) is 0 Å². The molecule has 2 rings (SSSR count). The van der Waals surface area contributed by atoms with E-state index in [-0.39, 0.29) is 6.10 Å². The molecule has 76 valence electrons. The third-order valence-electron chi connectivity index (χ3n) is 3.93. The van der Waals surface area contributed by atoms with Gasteiger partial charge in [0.1, 0.15) is 0 Å². The molecule has 2 aliphatic carbocycles. The third kappa shape index (κ3) is 2.25. The smallest absolute Gasteiger partial charge is 0.0568 e. The van der Waals surface area contributed by atoms with Crippen LogP contribution in [-0.2, 0) is 0 Å². The second-order valence-electron chi connectivity index (χ2n) is 5.05. The molecule has 0 aliphatic heterocycles. The van der Waals surface area contributed by atoms with Gasteiger partial charge in [0.25, 0.3) is 0 Å². The number of hydrogen-bond acceptors (Lipinski definition) is 1. The van der Waals surface area contributed by atoms with Gasteiger partial charge < -0.3 is 5.11 Å². The number of unbranched alkanes of at least 4 members (excludes halogenated alkanes) is 2. The molecule has 2 fully saturated rings. The molecule has 0 aromatic rings. The van der Waals surface area contributed by atoms with Crippen LogP contribution in [0.2, 0.25) is 0 Å². The van der Waals surface area contributed by atoms with E-state index in [0.29, 0.717) is 5.92 Å². The maximum Gasteiger partial charge on any atom is 0.0568 e. The fourth-order valence-corrected chi connectivity index (χ4v) is 2.91. The molecular weight excluding hydrogens is 160 g/mol. The van der Waals surface area contributed by atoms with Crippen LogP contribution in [0.3, 0.4) is 0 Å². The van der Waals surface area contributed by atoms with Crippen molar-refractivity contribution in [3.05, 3.63) is 0 Å². The zero-order chi connectivity index (χ0) is 9.26. The van der Waals surface area contributed by atoms with Gasteiger partial charge in [-0.1, -0.05) is 26.2 Å². The monoisotopic (exact) mass is 182 g/mol. The van der Waals surface area contributed by atoms with Crippen LogP contribution in [0.25, 0.3) is 0 Å². The largest absolute Gasteiger partial charge is 0.393 e. The van der Waals surface area contributed by atoms with Gasteiger partial charge in [0.15, 0.2) is 0 Å². The first-order chi connectivity index (χ1) is 6.31. The predicted octanol–water partition coefficient (Wildman–Crippen LogP) is 2.97. The average Bonchev–Trinajstić information content (AvgIpc) is 2.74. The number of rotatable bonds is 5. The maximum absolute atomic E-state index is 9.91. The van der Waals surface area contributed by atoms with E-state index >= 15 is 0 Å². The Bertz CT molecular complexity index is 157. The summed E-state index contributed by atoms with van der Waals surface area (Å²) in [4.78, 5) is 0. The van der Waals surface area contributed by atoms with Crippen molar-refractivity contribution >= 4 is 0 Å². The van der Waals surface area contributed by atoms with Crippen LogP contribution in [0, 0.1) is 17.8 Å². The Balaban J connectivity index is 1.63. The molecule has 1 N–H and O–H groups in total. The SMILES string of the molecule is CCCCCC(O)C1CC2CC2C1. The number of fused-ring (bicyclic) bond motifs is 1. The molecule has 0 bridgehead atoms. The van der Waals surface area contributed by atoms with Gasteiger partial charge >= 0.3 is 0 Å². The number of hydrogen-bond donors (Lipinski definition) is 1. The Morgan fingerprint density at radius 2 is 1.85 bits per heavy atom. The summed E-state index contributed by atoms with van der Waals surface area (Å²) in [7, 11) is 0. The van der Waals surface area contributed by atoms with Crippen LogP contribution >= 0.6 is 0 Å². The minimum Gasteiger partial charge on any atom is -0.393 e. The predicted molar refractivity (Wildman–Crippen MR) is 54.5 cm³/mol. The standard InChI is InChI=1S/C12H22O/c1-2-3-4-5-12(13)11-7-9-6-10(9)8-11/h9-13H,2-8H2,1H3. The van der Waals surface area contributed by atoms with Crippen molar-refractivity contribution < 1.29 is 5.11 Å². The summed E-state index contributed by atoms with van der Waals surface area (Å²) in [5, 5.41) is 9.91. The first kappa shape index (κ1) is 9.51. The highest BCUT2D eigenvalue weighted by Gasteiger charge is 2.47. The van der Waals surface area contributed by atoms with Crippen LogP contribution in [0.5, 0.6) is 0 Å². The lowest BCUT2D eigenvalue weighted by atomic mass is 9.93. The second kappa shape index (κ2) is 4.00. The molecule has 1 nitrogen and oxygen atoms in total. The van der Waals surface area contributed by atoms with Crippen molar-refractivity contribution in [3.63, 3.8) is 0 Å². The van der Waals surface area contributed by atoms with E-state index in [0.717, 1.165) is 18.3 Å². The molecule has 0 spiro atoms. The van der Waals surface area contributed by atoms with E-state index in [2.05, 4.69) is 6.92 Å². The highest BCUT2D eigenvalue weighted by atomic mass is 16.3. The van der Waals surface area contributed by atoms with Gasteiger partial charge in [0.2, 0.25) is 0 Å². The molecule has 0 amide bonds. The Kier molecular flexibility index (Phi) is 2.92. The van der Waals surface area contributed by atoms with Crippen LogP contribution in [0.4, 0.5) is 0 Å². The lowest BCUT2D eigenvalue weighted by Gasteiger charge is -2.19. The minimum atomic E-state index is 0.0272. The molecule has 13 heavy (non-hydrogen) atoms. The lowest BCUT2D eigenvalue weighted by Crippen LogP contribution is -2.18. The van der Waals surface area contributed by atoms with Crippen molar-refractivity contribution in [1.29, 1.82) is 0 Å². The quantitative estimate of drug-likeness (QED) is 0.648. The van der Waals surface area contributed by atoms with Gasteiger partial charge in [-0.05, 0) is 43.4 Å². The van der Waals surface area contributed by atoms with Crippen molar-refractivity contribution in [1.82, 2.24) is 0 Å². The Morgan fingerprint density at radius 3 is 2.46 bits per heavy atom. The van der Waals surface area contributed by atoms with Crippen LogP contribution < -0.4 is 0 Å². The molecular formula is C12H22O. The summed E-state index contributed by atoms with van der Waals surface area (Å²) in [6.07, 6.45) is 8.99. The van der Waals surface area contributed by atoms with E-state index in [9.17, 15) is 5.11 Å². The minimum absolute atomic E-state index is 0.0272. The summed E-state index contributed by atoms with van der Waals surface area (Å²) >= 11 is 0. The maximum atomic E-state index is 9.91. The van der Waals surface area contributed by atoms with Crippen molar-refractivity contribution in [3.8, 4) is 0 Å². The first-order valence-corrected chi connectivity index (χ1v) is 5.99. The summed E-state index contributed by atoms with van der Waals surface area (Å²) in [6, 6.07) is 0. The highest BCUT2D eigenvalue weighted by Crippen LogP contribution is 2.55. The van der Waals surface area contributed by atoms with Crippen molar-refractivity contribution in [2.45, 2.75) is 58.0 Å². The first-order valence-electron chi connectivity index (χ1n) is 5.99. The fourth-order valence-electron chi connectivity index (χ4n) is 2.91. The van der Waals surface area contributed by atoms with E-state index < -0.39 is 0 Å². The van der Waals surface area contributed by atoms with Gasteiger partial charge in [-0.2, -0.15) is 0 Å². The fraction of sp³-hybridized carbons (Fsp3) is 1.00. The molecule has 2 saturated carbocycles. The zero-order valence-corrected chi connectivity index (χ0v) is 8.71.